The van der Waals surface area contributed by atoms with E-state index < -0.39 is 69.8 Å². The first-order valence-electron chi connectivity index (χ1n) is 10.6. The highest BCUT2D eigenvalue weighted by atomic mass is 19.4. The van der Waals surface area contributed by atoms with Gasteiger partial charge in [-0.25, -0.2) is 0 Å². The largest absolute Gasteiger partial charge is 0.586 e. The summed E-state index contributed by atoms with van der Waals surface area (Å²) >= 11 is 0. The summed E-state index contributed by atoms with van der Waals surface area (Å²) in [5.41, 5.74) is 4.26. The van der Waals surface area contributed by atoms with Crippen molar-refractivity contribution in [3.05, 3.63) is 59.9 Å². The average molecular weight is 557 g/mol. The van der Waals surface area contributed by atoms with E-state index in [1.54, 1.807) is 0 Å². The minimum absolute atomic E-state index is 0.0279. The monoisotopic (exact) mass is 557 g/mol. The second-order valence-electron chi connectivity index (χ2n) is 7.90. The Morgan fingerprint density at radius 3 is 2.30 bits per heavy atom. The summed E-state index contributed by atoms with van der Waals surface area (Å²) in [7, 11) is 16.2. The van der Waals surface area contributed by atoms with Gasteiger partial charge in [-0.3, -0.25) is 14.6 Å². The number of rotatable bonds is 8. The highest BCUT2D eigenvalue weighted by Gasteiger charge is 2.46. The molecule has 3 aromatic rings. The first-order chi connectivity index (χ1) is 18.5. The number of nitrogens with zero attached hydrogens (tertiary/aromatic N) is 1. The van der Waals surface area contributed by atoms with Crippen LogP contribution in [0.1, 0.15) is 20.8 Å². The molecular formula is C22H11B3F5N3O7. The van der Waals surface area contributed by atoms with Crippen molar-refractivity contribution in [1.82, 2.24) is 4.98 Å². The van der Waals surface area contributed by atoms with Crippen LogP contribution in [0.5, 0.6) is 34.5 Å². The van der Waals surface area contributed by atoms with Gasteiger partial charge in [-0.2, -0.15) is 0 Å². The van der Waals surface area contributed by atoms with Gasteiger partial charge in [-0.15, -0.1) is 22.0 Å². The van der Waals surface area contributed by atoms with Crippen LogP contribution in [0.15, 0.2) is 48.7 Å². The summed E-state index contributed by atoms with van der Waals surface area (Å²) in [5, 5.41) is -0.0840. The lowest BCUT2D eigenvalue weighted by atomic mass is 9.52. The van der Waals surface area contributed by atoms with Gasteiger partial charge in [-0.1, -0.05) is 0 Å². The van der Waals surface area contributed by atoms with Crippen molar-refractivity contribution in [3.63, 3.8) is 0 Å². The molecule has 0 saturated heterocycles. The molecule has 0 spiro atoms. The lowest BCUT2D eigenvalue weighted by Gasteiger charge is -2.25. The quantitative estimate of drug-likeness (QED) is 0.320. The molecule has 0 fully saturated rings. The number of carbonyl (C=O) groups is 2. The predicted octanol–water partition coefficient (Wildman–Crippen LogP) is 2.94. The third-order valence-corrected chi connectivity index (χ3v) is 4.69. The average Bonchev–Trinajstić information content (AvgIpc) is 3.12. The molecule has 0 bridgehead atoms. The first kappa shape index (κ1) is 28.4. The summed E-state index contributed by atoms with van der Waals surface area (Å²) in [6, 6.07) is 6.74. The number of aromatic nitrogens is 1. The number of primary amides is 1. The van der Waals surface area contributed by atoms with Crippen molar-refractivity contribution >= 4 is 41.0 Å². The van der Waals surface area contributed by atoms with Crippen molar-refractivity contribution in [3.8, 4) is 34.5 Å². The number of hydrogen-bond donors (Lipinski definition) is 2. The fourth-order valence-corrected chi connectivity index (χ4v) is 3.29. The van der Waals surface area contributed by atoms with E-state index in [1.165, 1.54) is 6.07 Å². The minimum Gasteiger partial charge on any atom is -0.512 e. The fraction of sp³-hybridized carbons (Fsp3) is 0.136. The van der Waals surface area contributed by atoms with E-state index in [1.807, 2.05) is 0 Å². The number of nitrogens with one attached hydrogen (secondary N) is 1. The zero-order chi connectivity index (χ0) is 29.5. The van der Waals surface area contributed by atoms with Crippen molar-refractivity contribution < 1.29 is 55.2 Å². The van der Waals surface area contributed by atoms with E-state index in [0.29, 0.717) is 6.07 Å². The Kier molecular flexibility index (Phi) is 7.21. The molecule has 0 saturated carbocycles. The van der Waals surface area contributed by atoms with Crippen molar-refractivity contribution in [2.24, 2.45) is 5.73 Å². The zero-order valence-electron chi connectivity index (χ0n) is 19.6. The molecule has 0 aliphatic carbocycles. The molecule has 1 aromatic heterocycles. The van der Waals surface area contributed by atoms with Crippen molar-refractivity contribution in [2.75, 3.05) is 5.32 Å². The molecule has 2 aromatic carbocycles. The number of amides is 2. The van der Waals surface area contributed by atoms with Gasteiger partial charge >= 0.3 is 12.7 Å². The van der Waals surface area contributed by atoms with Crippen LogP contribution in [0.4, 0.5) is 27.6 Å². The summed E-state index contributed by atoms with van der Waals surface area (Å²) < 4.78 is 89.3. The van der Waals surface area contributed by atoms with Crippen LogP contribution in [0.25, 0.3) is 0 Å². The lowest BCUT2D eigenvalue weighted by Crippen LogP contribution is -2.37. The number of nitrogens with two attached hydrogens (primary N) is 1. The molecule has 40 heavy (non-hydrogen) atoms. The van der Waals surface area contributed by atoms with Crippen LogP contribution in [0, 0.1) is 0 Å². The molecule has 0 unspecified atom stereocenters. The zero-order valence-corrected chi connectivity index (χ0v) is 19.6. The summed E-state index contributed by atoms with van der Waals surface area (Å²) in [6.45, 7) is 0. The highest BCUT2D eigenvalue weighted by Crippen LogP contribution is 2.48. The van der Waals surface area contributed by atoms with Gasteiger partial charge in [0.15, 0.2) is 23.0 Å². The standard InChI is InChI=1S/C22H11B3F5N3O7/c23-20(24,25)38-15-8-10(37-21(26,27)28)1-2-12(15)36-13-3-4-14-17(40-22(29,30)39-14)16(13)19(35)33-9-5-6-32-11(7-9)18(31)34/h1-8H,(H2,31,34)(H,32,33,35). The van der Waals surface area contributed by atoms with Crippen molar-refractivity contribution in [2.45, 2.75) is 18.0 Å². The predicted molar refractivity (Wildman–Crippen MR) is 127 cm³/mol. The van der Waals surface area contributed by atoms with Crippen molar-refractivity contribution in [1.29, 1.82) is 0 Å². The maximum atomic E-state index is 13.9. The number of alkyl halides is 5. The summed E-state index contributed by atoms with van der Waals surface area (Å²) in [5.74, 6) is -5.62. The number of fused-ring (bicyclic) bond motifs is 1. The number of pyridine rings is 1. The van der Waals surface area contributed by atoms with E-state index in [0.717, 1.165) is 36.5 Å². The first-order valence-corrected chi connectivity index (χ1v) is 10.6. The molecule has 0 atom stereocenters. The molecule has 18 heteroatoms. The molecule has 200 valence electrons. The highest BCUT2D eigenvalue weighted by molar-refractivity contribution is 6.58. The number of anilines is 1. The van der Waals surface area contributed by atoms with Gasteiger partial charge in [0.05, 0.1) is 0 Å². The van der Waals surface area contributed by atoms with E-state index in [2.05, 4.69) is 24.5 Å². The van der Waals surface area contributed by atoms with E-state index in [-0.39, 0.29) is 11.4 Å². The van der Waals surface area contributed by atoms with E-state index >= 15 is 0 Å². The Morgan fingerprint density at radius 2 is 1.65 bits per heavy atom. The van der Waals surface area contributed by atoms with Crippen LogP contribution in [-0.4, -0.2) is 58.3 Å². The topological polar surface area (TPSA) is 131 Å². The molecule has 2 amide bonds. The van der Waals surface area contributed by atoms with E-state index in [9.17, 15) is 31.5 Å². The number of benzene rings is 2. The van der Waals surface area contributed by atoms with Crippen LogP contribution >= 0.6 is 0 Å². The van der Waals surface area contributed by atoms with Gasteiger partial charge in [0, 0.05) is 18.0 Å². The molecule has 3 N–H and O–H groups in total. The van der Waals surface area contributed by atoms with E-state index in [4.69, 9.17) is 38.7 Å². The molecule has 1 aliphatic rings. The SMILES string of the molecule is [B]C([B])([B])Oc1cc(OC(F)(F)F)ccc1Oc1ccc2c(c1C(=O)Nc1ccnc(C(N)=O)c1)OC(F)(F)O2. The number of ether oxygens (including phenoxy) is 5. The number of carbonyl (C=O) groups excluding carboxylic acids is 2. The smallest absolute Gasteiger partial charge is 0.512 e. The molecule has 2 heterocycles. The Labute approximate surface area is 225 Å². The van der Waals surface area contributed by atoms with Gasteiger partial charge in [-0.05, 0) is 41.7 Å². The maximum Gasteiger partial charge on any atom is 0.586 e. The molecule has 10 nitrogen and oxygen atoms in total. The third kappa shape index (κ3) is 6.87. The van der Waals surface area contributed by atoms with Crippen LogP contribution in [0.3, 0.4) is 0 Å². The lowest BCUT2D eigenvalue weighted by molar-refractivity contribution is -0.286. The normalized spacial score (nSPS) is 13.8. The second kappa shape index (κ2) is 10.2. The van der Waals surface area contributed by atoms with Gasteiger partial charge in [0.1, 0.15) is 46.3 Å². The maximum absolute atomic E-state index is 13.9. The molecule has 4 rings (SSSR count). The van der Waals surface area contributed by atoms with Crippen LogP contribution < -0.4 is 34.7 Å². The molecular weight excluding hydrogens is 546 g/mol. The van der Waals surface area contributed by atoms with Gasteiger partial charge in [0.2, 0.25) is 0 Å². The van der Waals surface area contributed by atoms with Crippen LogP contribution in [-0.2, 0) is 0 Å². The molecule has 6 radical (unpaired) electrons. The van der Waals surface area contributed by atoms with Gasteiger partial charge < -0.3 is 34.7 Å². The summed E-state index contributed by atoms with van der Waals surface area (Å²) in [4.78, 5) is 28.4. The van der Waals surface area contributed by atoms with Gasteiger partial charge in [0.25, 0.3) is 11.8 Å². The fourth-order valence-electron chi connectivity index (χ4n) is 3.29. The Bertz CT molecular complexity index is 1490. The third-order valence-electron chi connectivity index (χ3n) is 4.69. The number of halogens is 5. The second-order valence-corrected chi connectivity index (χ2v) is 7.90. The summed E-state index contributed by atoms with van der Waals surface area (Å²) in [6.07, 6.45) is -8.10. The van der Waals surface area contributed by atoms with Crippen LogP contribution in [0.2, 0.25) is 0 Å². The molecule has 1 aliphatic heterocycles. The Morgan fingerprint density at radius 1 is 0.950 bits per heavy atom. The Hall–Kier alpha value is -4.63. The number of hydrogen-bond acceptors (Lipinski definition) is 8. The Balaban J connectivity index is 1.76. The minimum atomic E-state index is -5.08.